The standard InChI is InChI=1S/C55H61F5N8O6S/c1-5-6-7-28-71-51-23-13-42(30-48(51)55(58,59)60)64-75(32-50(68(37(2)3)53(75)70)39-8-11-41(12-9-39)63-38(4)69)46-20-16-44(17-21-46)66-26-24-65(25-27-66)43-14-18-45(19-15-43)72-31-52-73-34-54(74-52,33-67-36-61-35-62-67)47-22-10-40(56)29-49(47)57/h8-23,29-30,35-37,50,52,64H,5-7,24-28,31-34H2,1-4H3,(H,63,69)/t50?,52-,54+/m0/s1. The highest BCUT2D eigenvalue weighted by Gasteiger charge is 2.51. The predicted molar refractivity (Wildman–Crippen MR) is 278 cm³/mol. The SMILES string of the molecule is CCCCCOc1ccc(NS2(c3ccc(N4CCN(c5ccc(OC[C@H]6OC[C@](Cn7cncn7)(c7ccc(F)cc7F)O6)cc5)CC4)cc3)CC(c3ccc(NC(C)=O)cc3)N(C(C)C)C2=O)cc1C(F)(F)F. The van der Waals surface area contributed by atoms with Gasteiger partial charge in [0.05, 0.1) is 31.4 Å². The Morgan fingerprint density at radius 2 is 1.55 bits per heavy atom. The molecule has 14 nitrogen and oxygen atoms in total. The number of benzene rings is 5. The lowest BCUT2D eigenvalue weighted by Gasteiger charge is -2.39. The van der Waals surface area contributed by atoms with Gasteiger partial charge in [-0.2, -0.15) is 18.3 Å². The number of halogens is 5. The van der Waals surface area contributed by atoms with Gasteiger partial charge in [-0.1, -0.05) is 48.2 Å². The highest BCUT2D eigenvalue weighted by Crippen LogP contribution is 2.65. The molecule has 3 aliphatic rings. The molecule has 2 amide bonds. The van der Waals surface area contributed by atoms with Gasteiger partial charge in [0.25, 0.3) is 5.24 Å². The minimum atomic E-state index is -4.71. The third-order valence-corrected chi connectivity index (χ3v) is 16.9. The number of aromatic nitrogens is 3. The summed E-state index contributed by atoms with van der Waals surface area (Å²) in [6, 6.07) is 29.5. The Balaban J connectivity index is 0.886. The summed E-state index contributed by atoms with van der Waals surface area (Å²) in [6.07, 6.45) is -0.351. The number of piperazine rings is 1. The third-order valence-electron chi connectivity index (χ3n) is 13.6. The van der Waals surface area contributed by atoms with Gasteiger partial charge in [-0.15, -0.1) is 0 Å². The Bertz CT molecular complexity index is 2910. The first-order valence-electron chi connectivity index (χ1n) is 25.1. The summed E-state index contributed by atoms with van der Waals surface area (Å²) in [5.74, 6) is -1.07. The maximum absolute atomic E-state index is 15.2. The van der Waals surface area contributed by atoms with Crippen molar-refractivity contribution in [1.82, 2.24) is 19.7 Å². The van der Waals surface area contributed by atoms with E-state index >= 15 is 9.18 Å². The number of anilines is 4. The monoisotopic (exact) mass is 1060 g/mol. The van der Waals surface area contributed by atoms with Crippen LogP contribution in [0.25, 0.3) is 0 Å². The average molecular weight is 1060 g/mol. The molecule has 9 rings (SSSR count). The van der Waals surface area contributed by atoms with Crippen molar-refractivity contribution >= 4 is 44.1 Å². The number of alkyl halides is 3. The normalized spacial score (nSPS) is 21.8. The van der Waals surface area contributed by atoms with Crippen molar-refractivity contribution in [3.63, 3.8) is 0 Å². The lowest BCUT2D eigenvalue weighted by Crippen LogP contribution is -2.46. The van der Waals surface area contributed by atoms with Crippen LogP contribution in [-0.4, -0.2) is 94.9 Å². The Kier molecular flexibility index (Phi) is 15.9. The molecule has 0 radical (unpaired) electrons. The van der Waals surface area contributed by atoms with E-state index in [1.165, 1.54) is 42.5 Å². The van der Waals surface area contributed by atoms with E-state index in [1.54, 1.807) is 18.2 Å². The molecule has 2 N–H and O–H groups in total. The van der Waals surface area contributed by atoms with E-state index < -0.39 is 51.5 Å². The molecule has 3 fully saturated rings. The fourth-order valence-corrected chi connectivity index (χ4v) is 13.4. The molecule has 0 bridgehead atoms. The van der Waals surface area contributed by atoms with Crippen molar-refractivity contribution in [2.24, 2.45) is 0 Å². The molecule has 2 unspecified atom stereocenters. The summed E-state index contributed by atoms with van der Waals surface area (Å²) in [6.45, 7) is 10.3. The number of amides is 2. The lowest BCUT2D eigenvalue weighted by atomic mass is 9.94. The van der Waals surface area contributed by atoms with Gasteiger partial charge < -0.3 is 43.7 Å². The first-order chi connectivity index (χ1) is 36.0. The minimum absolute atomic E-state index is 0.0117. The third kappa shape index (κ3) is 11.8. The Morgan fingerprint density at radius 1 is 0.867 bits per heavy atom. The first-order valence-corrected chi connectivity index (χ1v) is 26.9. The van der Waals surface area contributed by atoms with E-state index in [4.69, 9.17) is 18.9 Å². The molecule has 5 aromatic carbocycles. The second-order valence-electron chi connectivity index (χ2n) is 19.2. The van der Waals surface area contributed by atoms with Crippen LogP contribution in [-0.2, 0) is 32.6 Å². The van der Waals surface area contributed by atoms with Crippen LogP contribution in [0.1, 0.15) is 69.7 Å². The van der Waals surface area contributed by atoms with Gasteiger partial charge in [0, 0.05) is 84.2 Å². The van der Waals surface area contributed by atoms with Crippen molar-refractivity contribution in [3.8, 4) is 11.5 Å². The first kappa shape index (κ1) is 52.9. The predicted octanol–water partition coefficient (Wildman–Crippen LogP) is 11.6. The second kappa shape index (κ2) is 22.5. The van der Waals surface area contributed by atoms with Gasteiger partial charge in [-0.25, -0.2) is 18.4 Å². The van der Waals surface area contributed by atoms with E-state index in [0.29, 0.717) is 48.9 Å². The van der Waals surface area contributed by atoms with Gasteiger partial charge >= 0.3 is 6.18 Å². The van der Waals surface area contributed by atoms with Gasteiger partial charge in [0.15, 0.2) is 6.29 Å². The topological polar surface area (TPSA) is 136 Å². The summed E-state index contributed by atoms with van der Waals surface area (Å²) >= 11 is 0. The molecule has 75 heavy (non-hydrogen) atoms. The number of nitrogens with zero attached hydrogens (tertiary/aromatic N) is 6. The van der Waals surface area contributed by atoms with E-state index in [-0.39, 0.29) is 66.3 Å². The highest BCUT2D eigenvalue weighted by molar-refractivity contribution is 8.46. The molecule has 3 aliphatic heterocycles. The van der Waals surface area contributed by atoms with E-state index in [0.717, 1.165) is 41.9 Å². The fraction of sp³-hybridized carbons (Fsp3) is 0.382. The van der Waals surface area contributed by atoms with E-state index in [1.807, 2.05) is 86.3 Å². The number of nitrogens with one attached hydrogen (secondary N) is 2. The molecule has 398 valence electrons. The second-order valence-corrected chi connectivity index (χ2v) is 22.0. The maximum atomic E-state index is 15.2. The van der Waals surface area contributed by atoms with Gasteiger partial charge in [-0.3, -0.25) is 9.59 Å². The van der Waals surface area contributed by atoms with Crippen LogP contribution in [0.3, 0.4) is 0 Å². The van der Waals surface area contributed by atoms with Crippen LogP contribution >= 0.6 is 10.2 Å². The Hall–Kier alpha value is -6.90. The number of carbonyl (C=O) groups excluding carboxylic acids is 2. The minimum Gasteiger partial charge on any atom is -0.493 e. The summed E-state index contributed by atoms with van der Waals surface area (Å²) in [5, 5.41) is 6.74. The molecule has 3 saturated heterocycles. The molecule has 4 heterocycles. The van der Waals surface area contributed by atoms with Crippen molar-refractivity contribution in [3.05, 3.63) is 150 Å². The number of hydrogen-bond donors (Lipinski definition) is 2. The Labute approximate surface area is 434 Å². The van der Waals surface area contributed by atoms with Gasteiger partial charge in [-0.05, 0) is 111 Å². The van der Waals surface area contributed by atoms with Crippen molar-refractivity contribution < 1.29 is 50.5 Å². The van der Waals surface area contributed by atoms with Crippen LogP contribution in [0.4, 0.5) is 49.5 Å². The molecule has 4 atom stereocenters. The molecular formula is C55H61F5N8O6S. The largest absolute Gasteiger partial charge is 0.493 e. The summed E-state index contributed by atoms with van der Waals surface area (Å²) in [5.41, 5.74) is 1.49. The van der Waals surface area contributed by atoms with E-state index in [2.05, 4.69) is 29.9 Å². The molecule has 1 aromatic heterocycles. The molecule has 6 aromatic rings. The van der Waals surface area contributed by atoms with Crippen LogP contribution in [0.15, 0.2) is 127 Å². The van der Waals surface area contributed by atoms with Crippen LogP contribution in [0.2, 0.25) is 0 Å². The average Bonchev–Trinajstić information content (AvgIpc) is 4.15. The van der Waals surface area contributed by atoms with Crippen LogP contribution in [0, 0.1) is 11.6 Å². The van der Waals surface area contributed by atoms with Gasteiger partial charge in [0.2, 0.25) is 5.91 Å². The Morgan fingerprint density at radius 3 is 2.16 bits per heavy atom. The lowest BCUT2D eigenvalue weighted by molar-refractivity contribution is -0.139. The number of hydrogen-bond acceptors (Lipinski definition) is 11. The molecule has 0 spiro atoms. The van der Waals surface area contributed by atoms with Crippen molar-refractivity contribution in [2.75, 3.05) is 71.6 Å². The molecular weight excluding hydrogens is 996 g/mol. The summed E-state index contributed by atoms with van der Waals surface area (Å²) < 4.78 is 102. The summed E-state index contributed by atoms with van der Waals surface area (Å²) in [4.78, 5) is 38.0. The number of ether oxygens (including phenoxy) is 4. The number of unbranched alkanes of at least 4 members (excludes halogenated alkanes) is 2. The highest BCUT2D eigenvalue weighted by atomic mass is 32.3. The smallest absolute Gasteiger partial charge is 0.420 e. The molecule has 0 aliphatic carbocycles. The number of carbonyl (C=O) groups is 2. The quantitative estimate of drug-likeness (QED) is 0.0593. The van der Waals surface area contributed by atoms with Crippen LogP contribution < -0.4 is 29.3 Å². The zero-order valence-electron chi connectivity index (χ0n) is 42.2. The van der Waals surface area contributed by atoms with Crippen molar-refractivity contribution in [1.29, 1.82) is 0 Å². The number of rotatable bonds is 19. The fourth-order valence-electron chi connectivity index (χ4n) is 9.94. The van der Waals surface area contributed by atoms with E-state index in [9.17, 15) is 22.4 Å². The molecule has 20 heteroatoms. The zero-order valence-corrected chi connectivity index (χ0v) is 43.0. The van der Waals surface area contributed by atoms with Crippen LogP contribution in [0.5, 0.6) is 11.5 Å². The zero-order chi connectivity index (χ0) is 52.9. The van der Waals surface area contributed by atoms with Gasteiger partial charge in [0.1, 0.15) is 48.0 Å². The maximum Gasteiger partial charge on any atom is 0.420 e. The van der Waals surface area contributed by atoms with Crippen molar-refractivity contribution in [2.45, 2.75) is 88.5 Å². The summed E-state index contributed by atoms with van der Waals surface area (Å²) in [7, 11) is -2.75. The molecule has 0 saturated carbocycles.